The number of hydrogen-bond donors (Lipinski definition) is 1. The Morgan fingerprint density at radius 3 is 2.50 bits per heavy atom. The molecule has 0 saturated carbocycles. The fraction of sp³-hybridized carbons (Fsp3) is 0.333. The number of benzene rings is 1. The van der Waals surface area contributed by atoms with E-state index < -0.39 is 13.0 Å². The minimum absolute atomic E-state index is 0.253. The van der Waals surface area contributed by atoms with Crippen molar-refractivity contribution in [2.75, 3.05) is 13.6 Å². The first-order chi connectivity index (χ1) is 8.50. The fourth-order valence-electron chi connectivity index (χ4n) is 1.40. The van der Waals surface area contributed by atoms with E-state index >= 15 is 0 Å². The van der Waals surface area contributed by atoms with Crippen LogP contribution >= 0.6 is 11.6 Å². The van der Waals surface area contributed by atoms with E-state index in [-0.39, 0.29) is 5.16 Å². The van der Waals surface area contributed by atoms with Gasteiger partial charge in [0, 0.05) is 7.05 Å². The lowest BCUT2D eigenvalue weighted by Crippen LogP contribution is -2.48. The summed E-state index contributed by atoms with van der Waals surface area (Å²) in [5.41, 5.74) is 3.55. The summed E-state index contributed by atoms with van der Waals surface area (Å²) in [6, 6.07) is 9.55. The third-order valence-corrected chi connectivity index (χ3v) is 2.49. The topological polar surface area (TPSA) is 18.5 Å². The summed E-state index contributed by atoms with van der Waals surface area (Å²) in [6.45, 7) is 3.64. The fourth-order valence-corrected chi connectivity index (χ4v) is 1.57. The van der Waals surface area contributed by atoms with Crippen molar-refractivity contribution in [1.29, 1.82) is 0 Å². The summed E-state index contributed by atoms with van der Waals surface area (Å²) in [5, 5.41) is 3.23. The van der Waals surface area contributed by atoms with Gasteiger partial charge in [-0.3, -0.25) is 5.01 Å². The van der Waals surface area contributed by atoms with Gasteiger partial charge in [0.2, 0.25) is 0 Å². The van der Waals surface area contributed by atoms with Crippen LogP contribution in [0.3, 0.4) is 0 Å². The van der Waals surface area contributed by atoms with Crippen LogP contribution in [0.25, 0.3) is 0 Å². The average molecular weight is 276 g/mol. The number of rotatable bonds is 7. The first-order valence-corrected chi connectivity index (χ1v) is 5.79. The highest BCUT2D eigenvalue weighted by Gasteiger charge is 2.14. The number of nitrogens with zero attached hydrogens (tertiary/aromatic N) is 2. The third kappa shape index (κ3) is 5.00. The van der Waals surface area contributed by atoms with Crippen LogP contribution in [0.4, 0.5) is 8.78 Å². The summed E-state index contributed by atoms with van der Waals surface area (Å²) in [5.74, 6) is 0. The van der Waals surface area contributed by atoms with Crippen molar-refractivity contribution in [3.63, 3.8) is 0 Å². The zero-order chi connectivity index (χ0) is 13.5. The Bertz CT molecular complexity index is 373. The molecular formula is C12H16ClF2N3. The lowest BCUT2D eigenvalue weighted by molar-refractivity contribution is -0.0303. The van der Waals surface area contributed by atoms with Gasteiger partial charge in [0.25, 0.3) is 6.43 Å². The SMILES string of the molecule is C=C(Cl)N(Cc1ccccc1)N(C)NCC(F)F. The van der Waals surface area contributed by atoms with Gasteiger partial charge in [-0.1, -0.05) is 48.5 Å². The molecule has 6 heteroatoms. The maximum Gasteiger partial charge on any atom is 0.252 e. The zero-order valence-corrected chi connectivity index (χ0v) is 10.9. The summed E-state index contributed by atoms with van der Waals surface area (Å²) in [6.07, 6.45) is -2.42. The molecule has 0 aromatic heterocycles. The highest BCUT2D eigenvalue weighted by atomic mass is 35.5. The molecule has 100 valence electrons. The van der Waals surface area contributed by atoms with E-state index in [0.717, 1.165) is 5.56 Å². The second-order valence-corrected chi connectivity index (χ2v) is 4.13. The average Bonchev–Trinajstić information content (AvgIpc) is 2.34. The Hall–Kier alpha value is -1.17. The molecule has 1 rings (SSSR count). The van der Waals surface area contributed by atoms with Gasteiger partial charge in [-0.2, -0.15) is 5.12 Å². The quantitative estimate of drug-likeness (QED) is 0.610. The van der Waals surface area contributed by atoms with Crippen LogP contribution in [0.15, 0.2) is 42.1 Å². The molecule has 18 heavy (non-hydrogen) atoms. The van der Waals surface area contributed by atoms with Crippen molar-refractivity contribution in [3.8, 4) is 0 Å². The van der Waals surface area contributed by atoms with E-state index in [9.17, 15) is 8.78 Å². The molecule has 0 aliphatic carbocycles. The molecule has 0 saturated heterocycles. The van der Waals surface area contributed by atoms with Crippen molar-refractivity contribution in [1.82, 2.24) is 15.6 Å². The molecular weight excluding hydrogens is 260 g/mol. The molecule has 0 unspecified atom stereocenters. The summed E-state index contributed by atoms with van der Waals surface area (Å²) in [4.78, 5) is 0. The van der Waals surface area contributed by atoms with Crippen LogP contribution in [0.5, 0.6) is 0 Å². The molecule has 1 aromatic rings. The lowest BCUT2D eigenvalue weighted by Gasteiger charge is -2.33. The molecule has 0 bridgehead atoms. The number of hydrogen-bond acceptors (Lipinski definition) is 3. The molecule has 0 fully saturated rings. The van der Waals surface area contributed by atoms with E-state index in [1.54, 1.807) is 12.1 Å². The van der Waals surface area contributed by atoms with Crippen molar-refractivity contribution >= 4 is 11.6 Å². The summed E-state index contributed by atoms with van der Waals surface area (Å²) >= 11 is 5.87. The van der Waals surface area contributed by atoms with Gasteiger partial charge in [-0.25, -0.2) is 14.2 Å². The molecule has 0 atom stereocenters. The van der Waals surface area contributed by atoms with Crippen LogP contribution in [0, 0.1) is 0 Å². The molecule has 0 aliphatic rings. The maximum absolute atomic E-state index is 12.1. The van der Waals surface area contributed by atoms with Gasteiger partial charge in [-0.15, -0.1) is 0 Å². The normalized spacial score (nSPS) is 11.0. The third-order valence-electron chi connectivity index (χ3n) is 2.29. The van der Waals surface area contributed by atoms with E-state index in [1.165, 1.54) is 5.12 Å². The molecule has 3 nitrogen and oxygen atoms in total. The molecule has 0 heterocycles. The Kier molecular flexibility index (Phi) is 6.04. The van der Waals surface area contributed by atoms with Crippen molar-refractivity contribution < 1.29 is 8.78 Å². The van der Waals surface area contributed by atoms with Gasteiger partial charge in [-0.05, 0) is 5.56 Å². The number of hydrazine groups is 2. The van der Waals surface area contributed by atoms with Gasteiger partial charge in [0.1, 0.15) is 5.16 Å². The maximum atomic E-state index is 12.1. The van der Waals surface area contributed by atoms with Gasteiger partial charge >= 0.3 is 0 Å². The van der Waals surface area contributed by atoms with E-state index in [0.29, 0.717) is 6.54 Å². The Labute approximate surface area is 111 Å². The summed E-state index contributed by atoms with van der Waals surface area (Å²) in [7, 11) is 1.61. The summed E-state index contributed by atoms with van der Waals surface area (Å²) < 4.78 is 24.2. The lowest BCUT2D eigenvalue weighted by atomic mass is 10.2. The minimum atomic E-state index is -2.42. The number of halogens is 3. The number of alkyl halides is 2. The molecule has 0 amide bonds. The highest BCUT2D eigenvalue weighted by molar-refractivity contribution is 6.28. The smallest absolute Gasteiger partial charge is 0.252 e. The standard InChI is InChI=1S/C12H16ClF2N3/c1-10(13)18(17(2)16-8-12(14)15)9-11-6-4-3-5-7-11/h3-7,12,16H,1,8-9H2,2H3. The van der Waals surface area contributed by atoms with Crippen LogP contribution in [0.1, 0.15) is 5.56 Å². The van der Waals surface area contributed by atoms with Crippen LogP contribution in [-0.4, -0.2) is 30.1 Å². The van der Waals surface area contributed by atoms with Crippen molar-refractivity contribution in [2.24, 2.45) is 0 Å². The Morgan fingerprint density at radius 1 is 1.39 bits per heavy atom. The second-order valence-electron chi connectivity index (χ2n) is 3.70. The molecule has 0 radical (unpaired) electrons. The number of nitrogens with one attached hydrogen (secondary N) is 1. The van der Waals surface area contributed by atoms with E-state index in [2.05, 4.69) is 12.0 Å². The van der Waals surface area contributed by atoms with Gasteiger partial charge in [0.05, 0.1) is 13.1 Å². The van der Waals surface area contributed by atoms with Gasteiger partial charge < -0.3 is 0 Å². The first-order valence-electron chi connectivity index (χ1n) is 5.42. The minimum Gasteiger partial charge on any atom is -0.278 e. The molecule has 1 aromatic carbocycles. The monoisotopic (exact) mass is 275 g/mol. The first kappa shape index (κ1) is 14.9. The predicted molar refractivity (Wildman–Crippen MR) is 68.7 cm³/mol. The van der Waals surface area contributed by atoms with Crippen molar-refractivity contribution in [3.05, 3.63) is 47.6 Å². The molecule has 0 spiro atoms. The Morgan fingerprint density at radius 2 is 2.00 bits per heavy atom. The highest BCUT2D eigenvalue weighted by Crippen LogP contribution is 2.13. The van der Waals surface area contributed by atoms with E-state index in [4.69, 9.17) is 11.6 Å². The molecule has 1 N–H and O–H groups in total. The Balaban J connectivity index is 2.62. The van der Waals surface area contributed by atoms with Crippen LogP contribution in [0.2, 0.25) is 0 Å². The largest absolute Gasteiger partial charge is 0.278 e. The zero-order valence-electron chi connectivity index (χ0n) is 10.1. The predicted octanol–water partition coefficient (Wildman–Crippen LogP) is 2.82. The van der Waals surface area contributed by atoms with Crippen LogP contribution < -0.4 is 5.43 Å². The second kappa shape index (κ2) is 7.31. The van der Waals surface area contributed by atoms with Crippen molar-refractivity contribution in [2.45, 2.75) is 13.0 Å². The van der Waals surface area contributed by atoms with E-state index in [1.807, 2.05) is 30.3 Å². The van der Waals surface area contributed by atoms with Crippen LogP contribution in [-0.2, 0) is 6.54 Å². The molecule has 0 aliphatic heterocycles. The van der Waals surface area contributed by atoms with Gasteiger partial charge in [0.15, 0.2) is 0 Å².